The number of nitrogens with zero attached hydrogens (tertiary/aromatic N) is 1. The molecule has 28 heavy (non-hydrogen) atoms. The number of rotatable bonds is 9. The van der Waals surface area contributed by atoms with E-state index in [0.717, 1.165) is 47.8 Å². The Kier molecular flexibility index (Phi) is 6.66. The molecule has 1 aromatic rings. The molecule has 0 radical (unpaired) electrons. The van der Waals surface area contributed by atoms with Crippen molar-refractivity contribution in [3.8, 4) is 0 Å². The Bertz CT molecular complexity index is 659. The maximum Gasteiger partial charge on any atom is 0.192 e. The fourth-order valence-electron chi connectivity index (χ4n) is 5.64. The molecule has 5 heteroatoms. The summed E-state index contributed by atoms with van der Waals surface area (Å²) in [7, 11) is -1.75. The van der Waals surface area contributed by atoms with E-state index in [1.807, 2.05) is 6.92 Å². The van der Waals surface area contributed by atoms with E-state index in [1.165, 1.54) is 18.4 Å². The van der Waals surface area contributed by atoms with Gasteiger partial charge in [-0.15, -0.1) is 0 Å². The topological polar surface area (TPSA) is 34.1 Å². The third-order valence-corrected chi connectivity index (χ3v) is 12.9. The molecule has 158 valence electrons. The molecule has 1 N–H and O–H groups in total. The van der Waals surface area contributed by atoms with Gasteiger partial charge in [-0.05, 0) is 73.7 Å². The molecule has 0 bridgehead atoms. The van der Waals surface area contributed by atoms with Crippen LogP contribution in [0.2, 0.25) is 23.3 Å². The number of halogens is 1. The van der Waals surface area contributed by atoms with Gasteiger partial charge in [0.15, 0.2) is 8.32 Å². The second-order valence-electron chi connectivity index (χ2n) is 9.75. The molecule has 0 aromatic carbocycles. The summed E-state index contributed by atoms with van der Waals surface area (Å²) < 4.78 is 6.96. The van der Waals surface area contributed by atoms with Gasteiger partial charge in [0.25, 0.3) is 0 Å². The largest absolute Gasteiger partial charge is 0.409 e. The third-order valence-electron chi connectivity index (χ3n) is 7.95. The number of hydrogen-bond acceptors (Lipinski definition) is 3. The summed E-state index contributed by atoms with van der Waals surface area (Å²) in [6.45, 7) is 16.7. The monoisotopic (exact) mass is 422 g/mol. The molecule has 2 aliphatic carbocycles. The first-order chi connectivity index (χ1) is 13.2. The standard InChI is InChI=1S/C23H39ClN2OSi/c1-8-28(9-2,10-3)27-20(21-15(4)11-16(5)26-22(21)24)14-25-17-12-18-19(13-17)23(18,6)7/h11,17-20,25H,8-10,12-14H2,1-7H3/t17-,18+,19-,20?. The van der Waals surface area contributed by atoms with Crippen LogP contribution in [0.4, 0.5) is 0 Å². The molecular formula is C23H39ClN2OSi. The molecule has 1 aromatic heterocycles. The minimum absolute atomic E-state index is 0.00273. The lowest BCUT2D eigenvalue weighted by Crippen LogP contribution is -2.42. The minimum atomic E-state index is -1.75. The second-order valence-corrected chi connectivity index (χ2v) is 14.8. The van der Waals surface area contributed by atoms with Gasteiger partial charge in [-0.25, -0.2) is 4.98 Å². The van der Waals surface area contributed by atoms with Crippen molar-refractivity contribution in [1.29, 1.82) is 0 Å². The zero-order valence-electron chi connectivity index (χ0n) is 18.9. The fourth-order valence-corrected chi connectivity index (χ4v) is 8.84. The maximum atomic E-state index is 6.96. The number of fused-ring (bicyclic) bond motifs is 1. The van der Waals surface area contributed by atoms with E-state index < -0.39 is 8.32 Å². The van der Waals surface area contributed by atoms with Gasteiger partial charge in [0, 0.05) is 23.8 Å². The molecule has 1 unspecified atom stereocenters. The van der Waals surface area contributed by atoms with Crippen LogP contribution in [0.1, 0.15) is 70.4 Å². The molecule has 3 rings (SSSR count). The van der Waals surface area contributed by atoms with Crippen molar-refractivity contribution in [3.63, 3.8) is 0 Å². The van der Waals surface area contributed by atoms with Crippen LogP contribution >= 0.6 is 11.6 Å². The van der Waals surface area contributed by atoms with Crippen molar-refractivity contribution in [2.45, 2.75) is 91.6 Å². The van der Waals surface area contributed by atoms with Gasteiger partial charge in [0.05, 0.1) is 6.10 Å². The highest BCUT2D eigenvalue weighted by atomic mass is 35.5. The Morgan fingerprint density at radius 3 is 2.25 bits per heavy atom. The Balaban J connectivity index is 1.77. The number of aryl methyl sites for hydroxylation is 2. The van der Waals surface area contributed by atoms with Crippen molar-refractivity contribution in [2.24, 2.45) is 17.3 Å². The Morgan fingerprint density at radius 1 is 1.18 bits per heavy atom. The Morgan fingerprint density at radius 2 is 1.75 bits per heavy atom. The van der Waals surface area contributed by atoms with E-state index >= 15 is 0 Å². The third kappa shape index (κ3) is 4.21. The van der Waals surface area contributed by atoms with Crippen LogP contribution in [0, 0.1) is 31.1 Å². The molecule has 2 aliphatic rings. The number of pyridine rings is 1. The van der Waals surface area contributed by atoms with Gasteiger partial charge < -0.3 is 9.74 Å². The molecule has 0 amide bonds. The van der Waals surface area contributed by atoms with Gasteiger partial charge in [0.1, 0.15) is 5.15 Å². The number of nitrogens with one attached hydrogen (secondary N) is 1. The van der Waals surface area contributed by atoms with Crippen molar-refractivity contribution >= 4 is 19.9 Å². The molecule has 2 saturated carbocycles. The average Bonchev–Trinajstić information content (AvgIpc) is 2.99. The van der Waals surface area contributed by atoms with Crippen molar-refractivity contribution in [2.75, 3.05) is 6.54 Å². The summed E-state index contributed by atoms with van der Waals surface area (Å²) in [4.78, 5) is 4.55. The molecule has 3 nitrogen and oxygen atoms in total. The summed E-state index contributed by atoms with van der Waals surface area (Å²) in [5.74, 6) is 1.82. The second kappa shape index (κ2) is 8.37. The van der Waals surface area contributed by atoms with E-state index in [1.54, 1.807) is 0 Å². The van der Waals surface area contributed by atoms with Crippen LogP contribution in [0.3, 0.4) is 0 Å². The van der Waals surface area contributed by atoms with E-state index in [9.17, 15) is 0 Å². The van der Waals surface area contributed by atoms with Crippen molar-refractivity contribution < 1.29 is 4.43 Å². The molecular weight excluding hydrogens is 384 g/mol. The van der Waals surface area contributed by atoms with Gasteiger partial charge in [-0.2, -0.15) is 0 Å². The van der Waals surface area contributed by atoms with E-state index in [0.29, 0.717) is 16.6 Å². The highest BCUT2D eigenvalue weighted by molar-refractivity contribution is 6.73. The van der Waals surface area contributed by atoms with Gasteiger partial charge in [0.2, 0.25) is 0 Å². The van der Waals surface area contributed by atoms with Crippen LogP contribution < -0.4 is 5.32 Å². The Hall–Kier alpha value is -0.423. The number of hydrogen-bond donors (Lipinski definition) is 1. The van der Waals surface area contributed by atoms with Crippen LogP contribution in [-0.4, -0.2) is 25.9 Å². The summed E-state index contributed by atoms with van der Waals surface area (Å²) in [6.07, 6.45) is 2.61. The van der Waals surface area contributed by atoms with Crippen LogP contribution in [0.15, 0.2) is 6.07 Å². The first kappa shape index (κ1) is 22.3. The normalized spacial score (nSPS) is 26.9. The quantitative estimate of drug-likeness (QED) is 0.367. The fraction of sp³-hybridized carbons (Fsp3) is 0.783. The van der Waals surface area contributed by atoms with Crippen LogP contribution in [0.5, 0.6) is 0 Å². The van der Waals surface area contributed by atoms with E-state index in [2.05, 4.69) is 57.9 Å². The molecule has 0 saturated heterocycles. The average molecular weight is 423 g/mol. The van der Waals surface area contributed by atoms with Gasteiger partial charge in [-0.3, -0.25) is 0 Å². The van der Waals surface area contributed by atoms with Crippen molar-refractivity contribution in [3.05, 3.63) is 28.0 Å². The first-order valence-corrected chi connectivity index (χ1v) is 14.1. The predicted octanol–water partition coefficient (Wildman–Crippen LogP) is 6.44. The lowest BCUT2D eigenvalue weighted by atomic mass is 9.97. The predicted molar refractivity (Wildman–Crippen MR) is 122 cm³/mol. The summed E-state index contributed by atoms with van der Waals surface area (Å²) in [5, 5.41) is 4.47. The highest BCUT2D eigenvalue weighted by Crippen LogP contribution is 2.66. The zero-order valence-corrected chi connectivity index (χ0v) is 20.6. The van der Waals surface area contributed by atoms with Gasteiger partial charge in [-0.1, -0.05) is 46.2 Å². The molecule has 1 heterocycles. The van der Waals surface area contributed by atoms with Crippen molar-refractivity contribution in [1.82, 2.24) is 10.3 Å². The van der Waals surface area contributed by atoms with Crippen LogP contribution in [0.25, 0.3) is 0 Å². The smallest absolute Gasteiger partial charge is 0.192 e. The summed E-state index contributed by atoms with van der Waals surface area (Å²) in [6, 6.07) is 6.20. The minimum Gasteiger partial charge on any atom is -0.409 e. The first-order valence-electron chi connectivity index (χ1n) is 11.2. The SMILES string of the molecule is CC[Si](CC)(CC)OC(CN[C@H]1C[C@@H]2[C@H](C1)C2(C)C)c1c(C)cc(C)nc1Cl. The maximum absolute atomic E-state index is 6.96. The van der Waals surface area contributed by atoms with Crippen LogP contribution in [-0.2, 0) is 4.43 Å². The lowest BCUT2D eigenvalue weighted by molar-refractivity contribution is 0.178. The molecule has 0 aliphatic heterocycles. The molecule has 4 atom stereocenters. The summed E-state index contributed by atoms with van der Waals surface area (Å²) >= 11 is 6.65. The highest BCUT2D eigenvalue weighted by Gasteiger charge is 2.61. The summed E-state index contributed by atoms with van der Waals surface area (Å²) in [5.41, 5.74) is 3.84. The Labute approximate surface area is 178 Å². The number of aromatic nitrogens is 1. The lowest BCUT2D eigenvalue weighted by Gasteiger charge is -2.35. The molecule has 0 spiro atoms. The van der Waals surface area contributed by atoms with Gasteiger partial charge >= 0.3 is 0 Å². The van der Waals surface area contributed by atoms with E-state index in [4.69, 9.17) is 16.0 Å². The van der Waals surface area contributed by atoms with E-state index in [-0.39, 0.29) is 6.10 Å². The zero-order chi connectivity index (χ0) is 20.7. The molecule has 2 fully saturated rings.